The van der Waals surface area contributed by atoms with E-state index in [1.165, 1.54) is 22.4 Å². The van der Waals surface area contributed by atoms with E-state index in [-0.39, 0.29) is 24.8 Å². The third kappa shape index (κ3) is 4.87. The first-order chi connectivity index (χ1) is 12.9. The van der Waals surface area contributed by atoms with Gasteiger partial charge >= 0.3 is 11.9 Å². The number of nitriles is 1. The van der Waals surface area contributed by atoms with Crippen molar-refractivity contribution in [1.82, 2.24) is 0 Å². The monoisotopic (exact) mass is 392 g/mol. The number of nitrogens with zero attached hydrogens (tertiary/aromatic N) is 1. The number of rotatable bonds is 7. The van der Waals surface area contributed by atoms with Crippen LogP contribution in [0, 0.1) is 11.3 Å². The number of carbonyl (C=O) groups is 2. The molecule has 1 aliphatic heterocycles. The van der Waals surface area contributed by atoms with Crippen LogP contribution in [-0.2, 0) is 27.2 Å². The lowest BCUT2D eigenvalue weighted by atomic mass is 10.0. The molecular weight excluding hydrogens is 366 g/mol. The highest BCUT2D eigenvalue weighted by Crippen LogP contribution is 2.35. The minimum atomic E-state index is -0.693. The Kier molecular flexibility index (Phi) is 7.39. The summed E-state index contributed by atoms with van der Waals surface area (Å²) in [6.07, 6.45) is 2.09. The molecule has 1 aliphatic rings. The van der Waals surface area contributed by atoms with Crippen LogP contribution in [0.15, 0.2) is 11.8 Å². The molecule has 27 heavy (non-hydrogen) atoms. The Balaban J connectivity index is 2.36. The molecule has 7 nitrogen and oxygen atoms in total. The molecule has 146 valence electrons. The molecular formula is C19H26N3O4S+. The molecule has 0 radical (unpaired) electrons. The molecule has 2 N–H and O–H groups in total. The Morgan fingerprint density at radius 1 is 1.33 bits per heavy atom. The van der Waals surface area contributed by atoms with Crippen molar-refractivity contribution in [3.8, 4) is 6.07 Å². The van der Waals surface area contributed by atoms with Gasteiger partial charge in [0.05, 0.1) is 36.2 Å². The molecule has 0 bridgehead atoms. The summed E-state index contributed by atoms with van der Waals surface area (Å²) in [7, 11) is 0. The maximum atomic E-state index is 12.5. The molecule has 2 rings (SSSR count). The summed E-state index contributed by atoms with van der Waals surface area (Å²) in [5.74, 6) is -1.07. The van der Waals surface area contributed by atoms with Crippen LogP contribution < -0.4 is 10.2 Å². The molecule has 8 heteroatoms. The van der Waals surface area contributed by atoms with Gasteiger partial charge in [-0.2, -0.15) is 5.26 Å². The highest BCUT2D eigenvalue weighted by atomic mass is 32.1. The topological polar surface area (TPSA) is 92.9 Å². The van der Waals surface area contributed by atoms with E-state index in [4.69, 9.17) is 9.47 Å². The van der Waals surface area contributed by atoms with Crippen LogP contribution in [0.5, 0.6) is 0 Å². The van der Waals surface area contributed by atoms with Crippen molar-refractivity contribution in [2.24, 2.45) is 0 Å². The van der Waals surface area contributed by atoms with Gasteiger partial charge in [-0.15, -0.1) is 11.3 Å². The van der Waals surface area contributed by atoms with Crippen LogP contribution in [0.2, 0.25) is 0 Å². The second kappa shape index (κ2) is 9.53. The molecule has 0 saturated heterocycles. The zero-order chi connectivity index (χ0) is 20.0. The van der Waals surface area contributed by atoms with E-state index in [9.17, 15) is 14.9 Å². The molecule has 1 unspecified atom stereocenters. The number of quaternary nitrogens is 1. The van der Waals surface area contributed by atoms with E-state index in [0.717, 1.165) is 30.0 Å². The maximum Gasteiger partial charge on any atom is 0.350 e. The summed E-state index contributed by atoms with van der Waals surface area (Å²) in [6.45, 7) is 10.1. The van der Waals surface area contributed by atoms with E-state index in [1.54, 1.807) is 13.8 Å². The van der Waals surface area contributed by atoms with E-state index >= 15 is 0 Å². The van der Waals surface area contributed by atoms with E-state index in [0.29, 0.717) is 16.6 Å². The lowest BCUT2D eigenvalue weighted by molar-refractivity contribution is -0.936. The minimum absolute atomic E-state index is 0.146. The predicted molar refractivity (Wildman–Crippen MR) is 103 cm³/mol. The SMILES string of the molecule is CCOC(=O)/C(C#N)=C/Nc1sc2c(c1C(=O)OCC)CC[NH+](C(C)C)C2. The van der Waals surface area contributed by atoms with Gasteiger partial charge in [0, 0.05) is 12.6 Å². The predicted octanol–water partition coefficient (Wildman–Crippen LogP) is 1.66. The Morgan fingerprint density at radius 2 is 2.04 bits per heavy atom. The van der Waals surface area contributed by atoms with Crippen molar-refractivity contribution in [3.05, 3.63) is 27.8 Å². The van der Waals surface area contributed by atoms with E-state index in [2.05, 4.69) is 19.2 Å². The molecule has 2 heterocycles. The van der Waals surface area contributed by atoms with Crippen molar-refractivity contribution in [3.63, 3.8) is 0 Å². The van der Waals surface area contributed by atoms with E-state index in [1.807, 2.05) is 6.07 Å². The Morgan fingerprint density at radius 3 is 2.63 bits per heavy atom. The fourth-order valence-electron chi connectivity index (χ4n) is 3.00. The molecule has 0 amide bonds. The van der Waals surface area contributed by atoms with Crippen molar-refractivity contribution >= 4 is 28.3 Å². The summed E-state index contributed by atoms with van der Waals surface area (Å²) in [5, 5.41) is 12.7. The number of carbonyl (C=O) groups excluding carboxylic acids is 2. The lowest BCUT2D eigenvalue weighted by Gasteiger charge is -2.27. The van der Waals surface area contributed by atoms with Gasteiger partial charge in [0.15, 0.2) is 5.57 Å². The van der Waals surface area contributed by atoms with Gasteiger partial charge in [-0.1, -0.05) is 0 Å². The molecule has 0 spiro atoms. The molecule has 1 aromatic heterocycles. The van der Waals surface area contributed by atoms with Gasteiger partial charge in [0.2, 0.25) is 0 Å². The van der Waals surface area contributed by atoms with Gasteiger partial charge in [-0.05, 0) is 33.3 Å². The number of nitrogens with one attached hydrogen (secondary N) is 2. The average Bonchev–Trinajstić information content (AvgIpc) is 3.00. The number of thiophene rings is 1. The summed E-state index contributed by atoms with van der Waals surface area (Å²) in [5.41, 5.74) is 1.37. The fraction of sp³-hybridized carbons (Fsp3) is 0.526. The number of hydrogen-bond donors (Lipinski definition) is 2. The number of ether oxygens (including phenoxy) is 2. The smallest absolute Gasteiger partial charge is 0.350 e. The van der Waals surface area contributed by atoms with Crippen LogP contribution in [0.25, 0.3) is 0 Å². The van der Waals surface area contributed by atoms with Gasteiger partial charge in [-0.25, -0.2) is 9.59 Å². The second-order valence-corrected chi connectivity index (χ2v) is 7.56. The zero-order valence-corrected chi connectivity index (χ0v) is 17.0. The van der Waals surface area contributed by atoms with Gasteiger partial charge < -0.3 is 19.7 Å². The minimum Gasteiger partial charge on any atom is -0.462 e. The lowest BCUT2D eigenvalue weighted by Crippen LogP contribution is -3.14. The molecule has 1 atom stereocenters. The van der Waals surface area contributed by atoms with Crippen molar-refractivity contribution < 1.29 is 24.0 Å². The number of esters is 2. The number of fused-ring (bicyclic) bond motifs is 1. The first-order valence-corrected chi connectivity index (χ1v) is 9.94. The standard InChI is InChI=1S/C19H25N3O4S/c1-5-25-18(23)13(9-20)10-21-17-16(19(24)26-6-2)14-7-8-22(12(3)4)11-15(14)27-17/h10,12,21H,5-8,11H2,1-4H3/p+1/b13-10+. The van der Waals surface area contributed by atoms with Crippen LogP contribution in [0.3, 0.4) is 0 Å². The highest BCUT2D eigenvalue weighted by Gasteiger charge is 2.31. The highest BCUT2D eigenvalue weighted by molar-refractivity contribution is 7.16. The zero-order valence-electron chi connectivity index (χ0n) is 16.2. The normalized spacial score (nSPS) is 16.4. The van der Waals surface area contributed by atoms with Crippen molar-refractivity contribution in [1.29, 1.82) is 5.26 Å². The third-order valence-corrected chi connectivity index (χ3v) is 5.60. The molecule has 1 aromatic rings. The van der Waals surface area contributed by atoms with Crippen LogP contribution in [-0.4, -0.2) is 37.7 Å². The average molecular weight is 393 g/mol. The summed E-state index contributed by atoms with van der Waals surface area (Å²) < 4.78 is 10.1. The molecule has 0 fully saturated rings. The number of hydrogen-bond acceptors (Lipinski definition) is 7. The first-order valence-electron chi connectivity index (χ1n) is 9.12. The van der Waals surface area contributed by atoms with Crippen LogP contribution in [0.4, 0.5) is 5.00 Å². The molecule has 0 aromatic carbocycles. The fourth-order valence-corrected chi connectivity index (χ4v) is 4.25. The van der Waals surface area contributed by atoms with Crippen LogP contribution in [0.1, 0.15) is 48.5 Å². The summed E-state index contributed by atoms with van der Waals surface area (Å²) in [6, 6.07) is 2.32. The Bertz CT molecular complexity index is 777. The first kappa shape index (κ1) is 20.9. The second-order valence-electron chi connectivity index (χ2n) is 6.45. The van der Waals surface area contributed by atoms with Gasteiger partial charge in [-0.3, -0.25) is 0 Å². The molecule has 0 saturated carbocycles. The maximum absolute atomic E-state index is 12.5. The quantitative estimate of drug-likeness (QED) is 0.416. The van der Waals surface area contributed by atoms with E-state index < -0.39 is 5.97 Å². The summed E-state index contributed by atoms with van der Waals surface area (Å²) in [4.78, 5) is 26.9. The Hall–Kier alpha value is -2.37. The Labute approximate surface area is 163 Å². The molecule has 0 aliphatic carbocycles. The number of anilines is 1. The van der Waals surface area contributed by atoms with Crippen molar-refractivity contribution in [2.75, 3.05) is 25.1 Å². The van der Waals surface area contributed by atoms with Gasteiger partial charge in [0.25, 0.3) is 0 Å². The third-order valence-electron chi connectivity index (χ3n) is 4.43. The van der Waals surface area contributed by atoms with Crippen LogP contribution >= 0.6 is 11.3 Å². The van der Waals surface area contributed by atoms with Gasteiger partial charge in [0.1, 0.15) is 17.6 Å². The summed E-state index contributed by atoms with van der Waals surface area (Å²) >= 11 is 1.48. The largest absolute Gasteiger partial charge is 0.462 e. The van der Waals surface area contributed by atoms with Crippen molar-refractivity contribution in [2.45, 2.75) is 46.7 Å².